The van der Waals surface area contributed by atoms with Crippen molar-refractivity contribution >= 4 is 43.4 Å². The van der Waals surface area contributed by atoms with E-state index in [4.69, 9.17) is 0 Å². The SMILES string of the molecule is CS(=O)(=O)Nc1nc(-c2cccc(C#Cc3cccc(C(=O)O)c3-c3ccc4cc[nH]c4c3)c2)cs1. The smallest absolute Gasteiger partial charge is 0.336 e. The van der Waals surface area contributed by atoms with Crippen LogP contribution in [-0.4, -0.2) is 35.7 Å². The fourth-order valence-corrected chi connectivity index (χ4v) is 5.43. The molecule has 0 unspecified atom stereocenters. The van der Waals surface area contributed by atoms with Gasteiger partial charge in [-0.1, -0.05) is 42.2 Å². The molecule has 2 aromatic heterocycles. The summed E-state index contributed by atoms with van der Waals surface area (Å²) in [5.41, 5.74) is 5.13. The molecule has 0 aliphatic rings. The van der Waals surface area contributed by atoms with Gasteiger partial charge in [0.1, 0.15) is 0 Å². The normalized spacial score (nSPS) is 11.1. The molecular weight excluding hydrogens is 494 g/mol. The van der Waals surface area contributed by atoms with E-state index in [1.165, 1.54) is 11.3 Å². The molecule has 0 amide bonds. The number of sulfonamides is 1. The van der Waals surface area contributed by atoms with Gasteiger partial charge in [-0.05, 0) is 47.3 Å². The van der Waals surface area contributed by atoms with E-state index >= 15 is 0 Å². The minimum Gasteiger partial charge on any atom is -0.478 e. The summed E-state index contributed by atoms with van der Waals surface area (Å²) in [5, 5.41) is 12.9. The summed E-state index contributed by atoms with van der Waals surface area (Å²) in [5.74, 6) is 5.26. The lowest BCUT2D eigenvalue weighted by Crippen LogP contribution is -2.09. The van der Waals surface area contributed by atoms with Crippen molar-refractivity contribution in [2.45, 2.75) is 0 Å². The van der Waals surface area contributed by atoms with Crippen LogP contribution >= 0.6 is 11.3 Å². The highest BCUT2D eigenvalue weighted by Gasteiger charge is 2.16. The van der Waals surface area contributed by atoms with Crippen LogP contribution in [0.5, 0.6) is 0 Å². The maximum Gasteiger partial charge on any atom is 0.336 e. The van der Waals surface area contributed by atoms with E-state index in [0.717, 1.165) is 28.3 Å². The number of carboxylic acid groups (broad SMARTS) is 1. The number of aromatic amines is 1. The Balaban J connectivity index is 1.53. The zero-order chi connectivity index (χ0) is 25.3. The maximum atomic E-state index is 12.0. The van der Waals surface area contributed by atoms with Gasteiger partial charge in [-0.15, -0.1) is 11.3 Å². The van der Waals surface area contributed by atoms with E-state index in [2.05, 4.69) is 26.5 Å². The first-order chi connectivity index (χ1) is 17.3. The summed E-state index contributed by atoms with van der Waals surface area (Å²) in [7, 11) is -3.41. The van der Waals surface area contributed by atoms with Crippen molar-refractivity contribution in [3.63, 3.8) is 0 Å². The fraction of sp³-hybridized carbons (Fsp3) is 0.0370. The van der Waals surface area contributed by atoms with Gasteiger partial charge in [-0.3, -0.25) is 4.72 Å². The molecule has 5 aromatic rings. The summed E-state index contributed by atoms with van der Waals surface area (Å²) in [6, 6.07) is 20.2. The third-order valence-electron chi connectivity index (χ3n) is 5.42. The highest BCUT2D eigenvalue weighted by molar-refractivity contribution is 7.92. The van der Waals surface area contributed by atoms with Crippen LogP contribution in [0, 0.1) is 11.8 Å². The molecule has 3 aromatic carbocycles. The molecule has 0 aliphatic carbocycles. The first-order valence-electron chi connectivity index (χ1n) is 10.8. The van der Waals surface area contributed by atoms with Gasteiger partial charge in [0.25, 0.3) is 0 Å². The van der Waals surface area contributed by atoms with Crippen LogP contribution in [0.3, 0.4) is 0 Å². The molecule has 0 saturated carbocycles. The molecule has 5 rings (SSSR count). The number of aromatic carboxylic acids is 1. The average Bonchev–Trinajstić information content (AvgIpc) is 3.50. The lowest BCUT2D eigenvalue weighted by molar-refractivity contribution is 0.0697. The van der Waals surface area contributed by atoms with Crippen molar-refractivity contribution in [2.75, 3.05) is 11.0 Å². The van der Waals surface area contributed by atoms with E-state index in [1.54, 1.807) is 23.6 Å². The van der Waals surface area contributed by atoms with Crippen molar-refractivity contribution in [2.24, 2.45) is 0 Å². The average molecular weight is 514 g/mol. The lowest BCUT2D eigenvalue weighted by atomic mass is 9.93. The monoisotopic (exact) mass is 513 g/mol. The minimum absolute atomic E-state index is 0.176. The molecule has 7 nitrogen and oxygen atoms in total. The van der Waals surface area contributed by atoms with Crippen molar-refractivity contribution in [1.29, 1.82) is 0 Å². The first-order valence-corrected chi connectivity index (χ1v) is 13.5. The quantitative estimate of drug-likeness (QED) is 0.271. The van der Waals surface area contributed by atoms with Gasteiger partial charge in [0.2, 0.25) is 10.0 Å². The number of benzene rings is 3. The Morgan fingerprint density at radius 3 is 2.67 bits per heavy atom. The molecule has 0 spiro atoms. The number of carboxylic acids is 1. The van der Waals surface area contributed by atoms with Crippen LogP contribution in [0.25, 0.3) is 33.3 Å². The fourth-order valence-electron chi connectivity index (χ4n) is 3.86. The molecule has 0 radical (unpaired) electrons. The molecular formula is C27H19N3O4S2. The molecule has 36 heavy (non-hydrogen) atoms. The number of rotatable bonds is 5. The van der Waals surface area contributed by atoms with E-state index in [9.17, 15) is 18.3 Å². The molecule has 0 atom stereocenters. The predicted octanol–water partition coefficient (Wildman–Crippen LogP) is 5.43. The summed E-state index contributed by atoms with van der Waals surface area (Å²) in [6.07, 6.45) is 2.92. The van der Waals surface area contributed by atoms with Gasteiger partial charge in [-0.25, -0.2) is 18.2 Å². The topological polar surface area (TPSA) is 112 Å². The number of fused-ring (bicyclic) bond motifs is 1. The Morgan fingerprint density at radius 1 is 1.03 bits per heavy atom. The van der Waals surface area contributed by atoms with Crippen LogP contribution in [0.1, 0.15) is 21.5 Å². The molecule has 0 bridgehead atoms. The summed E-state index contributed by atoms with van der Waals surface area (Å²) >= 11 is 1.20. The standard InChI is InChI=1S/C27H19N3O4S2/c1-36(33,34)30-27-29-24(16-35-27)20-6-2-4-17(14-20)8-9-19-5-3-7-22(26(31)32)25(19)21-11-10-18-12-13-28-23(18)15-21/h2-7,10-16,28H,1H3,(H,29,30)(H,31,32). The van der Waals surface area contributed by atoms with Crippen LogP contribution in [0.2, 0.25) is 0 Å². The number of nitrogens with zero attached hydrogens (tertiary/aromatic N) is 1. The second-order valence-corrected chi connectivity index (χ2v) is 10.7. The number of hydrogen-bond acceptors (Lipinski definition) is 5. The van der Waals surface area contributed by atoms with E-state index in [-0.39, 0.29) is 10.7 Å². The highest BCUT2D eigenvalue weighted by atomic mass is 32.2. The Kier molecular flexibility index (Phi) is 6.06. The van der Waals surface area contributed by atoms with Crippen molar-refractivity contribution in [3.8, 4) is 34.2 Å². The summed E-state index contributed by atoms with van der Waals surface area (Å²) < 4.78 is 25.3. The Morgan fingerprint density at radius 2 is 1.86 bits per heavy atom. The largest absolute Gasteiger partial charge is 0.478 e. The number of anilines is 1. The second-order valence-electron chi connectivity index (χ2n) is 8.06. The van der Waals surface area contributed by atoms with Gasteiger partial charge >= 0.3 is 5.97 Å². The van der Waals surface area contributed by atoms with Crippen LogP contribution in [0.4, 0.5) is 5.13 Å². The Labute approximate surface area is 211 Å². The van der Waals surface area contributed by atoms with Crippen LogP contribution in [-0.2, 0) is 10.0 Å². The molecule has 3 N–H and O–H groups in total. The van der Waals surface area contributed by atoms with Gasteiger partial charge in [-0.2, -0.15) is 0 Å². The van der Waals surface area contributed by atoms with Gasteiger partial charge in [0, 0.05) is 39.3 Å². The number of carbonyl (C=O) groups is 1. The number of hydrogen-bond donors (Lipinski definition) is 3. The maximum absolute atomic E-state index is 12.0. The summed E-state index contributed by atoms with van der Waals surface area (Å²) in [6.45, 7) is 0. The third-order valence-corrected chi connectivity index (χ3v) is 6.87. The first kappa shape index (κ1) is 23.4. The molecule has 178 valence electrons. The van der Waals surface area contributed by atoms with Gasteiger partial charge in [0.15, 0.2) is 5.13 Å². The molecule has 0 aliphatic heterocycles. The highest BCUT2D eigenvalue weighted by Crippen LogP contribution is 2.30. The Hall–Kier alpha value is -4.39. The van der Waals surface area contributed by atoms with Crippen molar-refractivity contribution < 1.29 is 18.3 Å². The molecule has 0 saturated heterocycles. The third kappa shape index (κ3) is 5.00. The Bertz CT molecular complexity index is 1790. The molecule has 9 heteroatoms. The van der Waals surface area contributed by atoms with Crippen LogP contribution < -0.4 is 4.72 Å². The van der Waals surface area contributed by atoms with E-state index in [0.29, 0.717) is 22.4 Å². The van der Waals surface area contributed by atoms with Gasteiger partial charge < -0.3 is 10.1 Å². The van der Waals surface area contributed by atoms with Crippen LogP contribution in [0.15, 0.2) is 78.3 Å². The molecule has 2 heterocycles. The number of aromatic nitrogens is 2. The van der Waals surface area contributed by atoms with Crippen molar-refractivity contribution in [3.05, 3.63) is 95.0 Å². The molecule has 0 fully saturated rings. The van der Waals surface area contributed by atoms with Gasteiger partial charge in [0.05, 0.1) is 17.5 Å². The lowest BCUT2D eigenvalue weighted by Gasteiger charge is -2.10. The van der Waals surface area contributed by atoms with E-state index < -0.39 is 16.0 Å². The number of nitrogens with one attached hydrogen (secondary N) is 2. The van der Waals surface area contributed by atoms with Crippen molar-refractivity contribution in [1.82, 2.24) is 9.97 Å². The summed E-state index contributed by atoms with van der Waals surface area (Å²) in [4.78, 5) is 19.5. The zero-order valence-electron chi connectivity index (χ0n) is 18.9. The predicted molar refractivity (Wildman–Crippen MR) is 143 cm³/mol. The number of thiazole rings is 1. The zero-order valence-corrected chi connectivity index (χ0v) is 20.6. The second kappa shape index (κ2) is 9.34. The van der Waals surface area contributed by atoms with E-state index in [1.807, 2.05) is 54.7 Å². The minimum atomic E-state index is -3.41. The number of H-pyrrole nitrogens is 1.